The number of rotatable bonds is 7. The van der Waals surface area contributed by atoms with Crippen LogP contribution < -0.4 is 5.32 Å². The van der Waals surface area contributed by atoms with Crippen molar-refractivity contribution in [3.8, 4) is 0 Å². The summed E-state index contributed by atoms with van der Waals surface area (Å²) in [5.74, 6) is 2.52. The number of benzene rings is 1. The minimum Gasteiger partial charge on any atom is -0.379 e. The fourth-order valence-electron chi connectivity index (χ4n) is 3.06. The third-order valence-corrected chi connectivity index (χ3v) is 7.58. The number of thioether (sulfide) groups is 2. The molecule has 2 saturated heterocycles. The molecule has 2 heterocycles. The zero-order valence-electron chi connectivity index (χ0n) is 14.7. The number of hydrogen-bond donors (Lipinski definition) is 1. The second kappa shape index (κ2) is 10.5. The summed E-state index contributed by atoms with van der Waals surface area (Å²) in [5, 5.41) is 3.04. The highest BCUT2D eigenvalue weighted by molar-refractivity contribution is 8.16. The highest BCUT2D eigenvalue weighted by Crippen LogP contribution is 2.43. The Bertz CT molecular complexity index is 527. The molecule has 0 aromatic heterocycles. The van der Waals surface area contributed by atoms with Crippen LogP contribution in [0.15, 0.2) is 24.3 Å². The minimum atomic E-state index is 0.0434. The zero-order valence-corrected chi connectivity index (χ0v) is 16.4. The summed E-state index contributed by atoms with van der Waals surface area (Å²) < 4.78 is 5.89. The Kier molecular flexibility index (Phi) is 7.98. The lowest BCUT2D eigenvalue weighted by atomic mass is 10.1. The van der Waals surface area contributed by atoms with Crippen molar-refractivity contribution in [2.24, 2.45) is 0 Å². The van der Waals surface area contributed by atoms with Crippen molar-refractivity contribution >= 4 is 29.4 Å². The zero-order chi connectivity index (χ0) is 17.3. The Morgan fingerprint density at radius 3 is 2.56 bits per heavy atom. The van der Waals surface area contributed by atoms with E-state index in [9.17, 15) is 4.79 Å². The molecule has 4 nitrogen and oxygen atoms in total. The quantitative estimate of drug-likeness (QED) is 0.735. The smallest absolute Gasteiger partial charge is 0.251 e. The highest BCUT2D eigenvalue weighted by Gasteiger charge is 2.17. The van der Waals surface area contributed by atoms with Gasteiger partial charge in [-0.2, -0.15) is 0 Å². The van der Waals surface area contributed by atoms with Gasteiger partial charge in [0.1, 0.15) is 0 Å². The minimum absolute atomic E-state index is 0.0434. The van der Waals surface area contributed by atoms with Crippen LogP contribution in [0.25, 0.3) is 0 Å². The van der Waals surface area contributed by atoms with Crippen LogP contribution in [0.1, 0.15) is 39.8 Å². The third kappa shape index (κ3) is 6.20. The molecule has 0 spiro atoms. The average molecular weight is 381 g/mol. The van der Waals surface area contributed by atoms with E-state index in [4.69, 9.17) is 4.74 Å². The van der Waals surface area contributed by atoms with Crippen LogP contribution in [0, 0.1) is 0 Å². The number of unbranched alkanes of at least 4 members (excludes halogenated alkanes) is 1. The maximum atomic E-state index is 12.2. The number of hydrogen-bond acceptors (Lipinski definition) is 5. The molecule has 0 bridgehead atoms. The van der Waals surface area contributed by atoms with Crippen LogP contribution in [-0.4, -0.2) is 61.7 Å². The summed E-state index contributed by atoms with van der Waals surface area (Å²) in [6.07, 6.45) is 3.45. The molecule has 0 aliphatic carbocycles. The Morgan fingerprint density at radius 1 is 1.12 bits per heavy atom. The molecule has 0 unspecified atom stereocenters. The molecule has 2 fully saturated rings. The van der Waals surface area contributed by atoms with Crippen molar-refractivity contribution in [2.45, 2.75) is 23.8 Å². The maximum absolute atomic E-state index is 12.2. The first-order valence-electron chi connectivity index (χ1n) is 9.24. The molecule has 0 saturated carbocycles. The van der Waals surface area contributed by atoms with Gasteiger partial charge in [0.25, 0.3) is 5.91 Å². The molecular formula is C19H28N2O2S2. The van der Waals surface area contributed by atoms with E-state index in [0.29, 0.717) is 4.58 Å². The first-order chi connectivity index (χ1) is 12.3. The highest BCUT2D eigenvalue weighted by atomic mass is 32.2. The number of morpholine rings is 1. The molecular weight excluding hydrogens is 352 g/mol. The van der Waals surface area contributed by atoms with Crippen molar-refractivity contribution in [1.29, 1.82) is 0 Å². The largest absolute Gasteiger partial charge is 0.379 e. The van der Waals surface area contributed by atoms with E-state index >= 15 is 0 Å². The van der Waals surface area contributed by atoms with Crippen molar-refractivity contribution in [1.82, 2.24) is 10.2 Å². The Morgan fingerprint density at radius 2 is 1.84 bits per heavy atom. The number of ether oxygens (including phenoxy) is 1. The molecule has 6 heteroatoms. The second-order valence-electron chi connectivity index (χ2n) is 6.47. The molecule has 1 amide bonds. The Balaban J connectivity index is 1.34. The molecule has 1 aromatic rings. The lowest BCUT2D eigenvalue weighted by Gasteiger charge is -2.26. The second-order valence-corrected chi connectivity index (χ2v) is 9.19. The number of carbonyl (C=O) groups excluding carboxylic acids is 1. The molecule has 1 N–H and O–H groups in total. The van der Waals surface area contributed by atoms with E-state index in [1.165, 1.54) is 23.5 Å². The SMILES string of the molecule is O=C(NCCCCN1CCOCC1)c1ccc(C2SCCCS2)cc1. The summed E-state index contributed by atoms with van der Waals surface area (Å²) in [6.45, 7) is 5.63. The number of nitrogens with one attached hydrogen (secondary N) is 1. The fourth-order valence-corrected chi connectivity index (χ4v) is 5.96. The lowest BCUT2D eigenvalue weighted by molar-refractivity contribution is 0.0372. The van der Waals surface area contributed by atoms with E-state index < -0.39 is 0 Å². The molecule has 2 aliphatic heterocycles. The molecule has 3 rings (SSSR count). The Labute approximate surface area is 159 Å². The fraction of sp³-hybridized carbons (Fsp3) is 0.632. The van der Waals surface area contributed by atoms with Crippen LogP contribution in [0.5, 0.6) is 0 Å². The molecule has 25 heavy (non-hydrogen) atoms. The summed E-state index contributed by atoms with van der Waals surface area (Å²) >= 11 is 4.02. The van der Waals surface area contributed by atoms with Crippen molar-refractivity contribution in [3.63, 3.8) is 0 Å². The van der Waals surface area contributed by atoms with Gasteiger partial charge in [-0.3, -0.25) is 9.69 Å². The van der Waals surface area contributed by atoms with Gasteiger partial charge in [0.15, 0.2) is 0 Å². The monoisotopic (exact) mass is 380 g/mol. The van der Waals surface area contributed by atoms with Crippen molar-refractivity contribution in [3.05, 3.63) is 35.4 Å². The van der Waals surface area contributed by atoms with E-state index in [1.807, 2.05) is 35.7 Å². The van der Waals surface area contributed by atoms with Gasteiger partial charge < -0.3 is 10.1 Å². The van der Waals surface area contributed by atoms with E-state index in [0.717, 1.165) is 57.8 Å². The van der Waals surface area contributed by atoms with Crippen LogP contribution in [0.3, 0.4) is 0 Å². The lowest BCUT2D eigenvalue weighted by Crippen LogP contribution is -2.37. The van der Waals surface area contributed by atoms with Crippen LogP contribution in [-0.2, 0) is 4.74 Å². The first kappa shape index (κ1) is 19.1. The summed E-state index contributed by atoms with van der Waals surface area (Å²) in [5.41, 5.74) is 2.10. The van der Waals surface area contributed by atoms with Gasteiger partial charge in [-0.25, -0.2) is 0 Å². The predicted octanol–water partition coefficient (Wildman–Crippen LogP) is 3.40. The molecule has 138 valence electrons. The van der Waals surface area contributed by atoms with Crippen molar-refractivity contribution in [2.75, 3.05) is 50.9 Å². The topological polar surface area (TPSA) is 41.6 Å². The molecule has 2 aliphatic rings. The van der Waals surface area contributed by atoms with E-state index in [2.05, 4.69) is 22.3 Å². The average Bonchev–Trinajstić information content (AvgIpc) is 2.69. The molecule has 1 aromatic carbocycles. The van der Waals surface area contributed by atoms with E-state index in [-0.39, 0.29) is 5.91 Å². The van der Waals surface area contributed by atoms with Gasteiger partial charge in [0.2, 0.25) is 0 Å². The van der Waals surface area contributed by atoms with E-state index in [1.54, 1.807) is 0 Å². The van der Waals surface area contributed by atoms with Gasteiger partial charge in [-0.05, 0) is 55.0 Å². The van der Waals surface area contributed by atoms with Crippen LogP contribution in [0.2, 0.25) is 0 Å². The van der Waals surface area contributed by atoms with Gasteiger partial charge in [-0.15, -0.1) is 23.5 Å². The standard InChI is InChI=1S/C19H28N2O2S2/c22-18(20-8-1-2-9-21-10-12-23-13-11-21)16-4-6-17(7-5-16)19-24-14-3-15-25-19/h4-7,19H,1-3,8-15H2,(H,20,22). The van der Waals surface area contributed by atoms with Gasteiger partial charge in [0, 0.05) is 25.2 Å². The normalized spacial score (nSPS) is 19.7. The number of carbonyl (C=O) groups is 1. The predicted molar refractivity (Wildman–Crippen MR) is 108 cm³/mol. The third-order valence-electron chi connectivity index (χ3n) is 4.56. The number of nitrogens with zero attached hydrogens (tertiary/aromatic N) is 1. The van der Waals surface area contributed by atoms with Gasteiger partial charge >= 0.3 is 0 Å². The maximum Gasteiger partial charge on any atom is 0.251 e. The van der Waals surface area contributed by atoms with Crippen molar-refractivity contribution < 1.29 is 9.53 Å². The van der Waals surface area contributed by atoms with Crippen LogP contribution in [0.4, 0.5) is 0 Å². The Hall–Kier alpha value is -0.690. The number of amides is 1. The van der Waals surface area contributed by atoms with Gasteiger partial charge in [0.05, 0.1) is 17.8 Å². The van der Waals surface area contributed by atoms with Gasteiger partial charge in [-0.1, -0.05) is 12.1 Å². The summed E-state index contributed by atoms with van der Waals surface area (Å²) in [4.78, 5) is 14.7. The molecule has 0 radical (unpaired) electrons. The summed E-state index contributed by atoms with van der Waals surface area (Å²) in [7, 11) is 0. The molecule has 0 atom stereocenters. The summed E-state index contributed by atoms with van der Waals surface area (Å²) in [6, 6.07) is 8.16. The van der Waals surface area contributed by atoms with Crippen LogP contribution >= 0.6 is 23.5 Å². The first-order valence-corrected chi connectivity index (χ1v) is 11.3.